The standard InChI is InChI=1S/C25H26N4O6/c1-4-35-25(32)20-15-26(3)21-14-22(23(29(33)34)13-19(21)24(20)31)28-11-9-27(10-12-28)18-7-5-17(6-8-18)16(2)30/h5-8,13-15H,4,9-12H2,1-3H3. The van der Waals surface area contributed by atoms with Crippen LogP contribution in [0.25, 0.3) is 10.9 Å². The highest BCUT2D eigenvalue weighted by Gasteiger charge is 2.27. The maximum Gasteiger partial charge on any atom is 0.343 e. The first-order chi connectivity index (χ1) is 16.7. The molecule has 0 radical (unpaired) electrons. The molecule has 35 heavy (non-hydrogen) atoms. The molecule has 0 bridgehead atoms. The van der Waals surface area contributed by atoms with Crippen LogP contribution < -0.4 is 15.2 Å². The molecular weight excluding hydrogens is 452 g/mol. The van der Waals surface area contributed by atoms with E-state index in [4.69, 9.17) is 4.74 Å². The van der Waals surface area contributed by atoms with Crippen molar-refractivity contribution in [2.75, 3.05) is 42.6 Å². The van der Waals surface area contributed by atoms with Crippen molar-refractivity contribution in [2.24, 2.45) is 7.05 Å². The van der Waals surface area contributed by atoms with Gasteiger partial charge in [-0.15, -0.1) is 0 Å². The van der Waals surface area contributed by atoms with Crippen molar-refractivity contribution < 1.29 is 19.2 Å². The number of rotatable bonds is 6. The Bertz CT molecular complexity index is 1370. The number of benzene rings is 2. The van der Waals surface area contributed by atoms with Crippen LogP contribution in [0.1, 0.15) is 34.6 Å². The second-order valence-electron chi connectivity index (χ2n) is 8.40. The molecule has 3 aromatic rings. The molecule has 0 atom stereocenters. The number of ketones is 1. The monoisotopic (exact) mass is 478 g/mol. The molecule has 0 aliphatic carbocycles. The van der Waals surface area contributed by atoms with E-state index in [1.807, 2.05) is 17.0 Å². The van der Waals surface area contributed by atoms with Crippen molar-refractivity contribution >= 4 is 39.7 Å². The number of esters is 1. The summed E-state index contributed by atoms with van der Waals surface area (Å²) in [7, 11) is 1.68. The lowest BCUT2D eigenvalue weighted by atomic mass is 10.1. The molecule has 1 fully saturated rings. The fraction of sp³-hybridized carbons (Fsp3) is 0.320. The minimum Gasteiger partial charge on any atom is -0.462 e. The van der Waals surface area contributed by atoms with Gasteiger partial charge in [0.1, 0.15) is 11.3 Å². The third-order valence-electron chi connectivity index (χ3n) is 6.24. The summed E-state index contributed by atoms with van der Waals surface area (Å²) in [5.41, 5.74) is 1.61. The van der Waals surface area contributed by atoms with Crippen molar-refractivity contribution in [2.45, 2.75) is 13.8 Å². The highest BCUT2D eigenvalue weighted by Crippen LogP contribution is 2.33. The molecule has 0 unspecified atom stereocenters. The predicted octanol–water partition coefficient (Wildman–Crippen LogP) is 3.15. The van der Waals surface area contributed by atoms with E-state index >= 15 is 0 Å². The van der Waals surface area contributed by atoms with Crippen molar-refractivity contribution in [1.29, 1.82) is 0 Å². The highest BCUT2D eigenvalue weighted by molar-refractivity contribution is 5.96. The van der Waals surface area contributed by atoms with Crippen molar-refractivity contribution in [3.63, 3.8) is 0 Å². The summed E-state index contributed by atoms with van der Waals surface area (Å²) in [6.45, 7) is 5.63. The molecule has 1 saturated heterocycles. The Hall–Kier alpha value is -4.21. The number of pyridine rings is 1. The summed E-state index contributed by atoms with van der Waals surface area (Å²) >= 11 is 0. The lowest BCUT2D eigenvalue weighted by Crippen LogP contribution is -2.46. The maximum absolute atomic E-state index is 12.9. The number of carbonyl (C=O) groups is 2. The summed E-state index contributed by atoms with van der Waals surface area (Å²) in [5, 5.41) is 12.0. The smallest absolute Gasteiger partial charge is 0.343 e. The Balaban J connectivity index is 1.66. The molecule has 0 saturated carbocycles. The molecule has 1 aromatic heterocycles. The van der Waals surface area contributed by atoms with E-state index in [1.165, 1.54) is 19.2 Å². The van der Waals surface area contributed by atoms with Gasteiger partial charge in [0.15, 0.2) is 5.78 Å². The first-order valence-electron chi connectivity index (χ1n) is 11.3. The van der Waals surface area contributed by atoms with E-state index in [0.717, 1.165) is 5.69 Å². The zero-order valence-electron chi connectivity index (χ0n) is 19.8. The van der Waals surface area contributed by atoms with E-state index in [0.29, 0.717) is 42.9 Å². The lowest BCUT2D eigenvalue weighted by Gasteiger charge is -2.37. The number of nitro benzene ring substituents is 1. The van der Waals surface area contributed by atoms with E-state index in [9.17, 15) is 24.5 Å². The van der Waals surface area contributed by atoms with Crippen LogP contribution in [-0.2, 0) is 11.8 Å². The molecule has 182 valence electrons. The van der Waals surface area contributed by atoms with Gasteiger partial charge in [-0.2, -0.15) is 0 Å². The van der Waals surface area contributed by atoms with Crippen LogP contribution in [0.4, 0.5) is 17.1 Å². The SMILES string of the molecule is CCOC(=O)c1cn(C)c2cc(N3CCN(c4ccc(C(C)=O)cc4)CC3)c([N+](=O)[O-])cc2c1=O. The number of hydrogen-bond donors (Lipinski definition) is 0. The number of hydrogen-bond acceptors (Lipinski definition) is 8. The molecule has 0 spiro atoms. The van der Waals surface area contributed by atoms with Crippen molar-refractivity contribution in [3.05, 3.63) is 74.1 Å². The largest absolute Gasteiger partial charge is 0.462 e. The van der Waals surface area contributed by atoms with Crippen molar-refractivity contribution in [1.82, 2.24) is 4.57 Å². The van der Waals surface area contributed by atoms with Crippen LogP contribution in [0.15, 0.2) is 47.4 Å². The van der Waals surface area contributed by atoms with Gasteiger partial charge in [-0.1, -0.05) is 0 Å². The average molecular weight is 479 g/mol. The van der Waals surface area contributed by atoms with Crippen LogP contribution in [0.3, 0.4) is 0 Å². The van der Waals surface area contributed by atoms with Crippen LogP contribution in [0.5, 0.6) is 0 Å². The van der Waals surface area contributed by atoms with Gasteiger partial charge in [-0.05, 0) is 44.2 Å². The quantitative estimate of drug-likeness (QED) is 0.230. The number of fused-ring (bicyclic) bond motifs is 1. The number of aromatic nitrogens is 1. The van der Waals surface area contributed by atoms with E-state index < -0.39 is 16.3 Å². The molecule has 2 aromatic carbocycles. The van der Waals surface area contributed by atoms with E-state index in [2.05, 4.69) is 4.90 Å². The number of Topliss-reactive ketones (excluding diaryl/α,β-unsaturated/α-hetero) is 1. The van der Waals surface area contributed by atoms with E-state index in [-0.39, 0.29) is 29.0 Å². The molecular formula is C25H26N4O6. The number of aryl methyl sites for hydroxylation is 1. The number of ether oxygens (including phenoxy) is 1. The fourth-order valence-corrected chi connectivity index (χ4v) is 4.37. The average Bonchev–Trinajstić information content (AvgIpc) is 2.85. The predicted molar refractivity (Wildman–Crippen MR) is 133 cm³/mol. The zero-order chi connectivity index (χ0) is 25.3. The highest BCUT2D eigenvalue weighted by atomic mass is 16.6. The van der Waals surface area contributed by atoms with Gasteiger partial charge in [-0.3, -0.25) is 19.7 Å². The summed E-state index contributed by atoms with van der Waals surface area (Å²) in [6, 6.07) is 10.3. The van der Waals surface area contributed by atoms with E-state index in [1.54, 1.807) is 36.7 Å². The molecule has 1 aliphatic rings. The minimum atomic E-state index is -0.755. The van der Waals surface area contributed by atoms with Crippen LogP contribution in [0.2, 0.25) is 0 Å². The fourth-order valence-electron chi connectivity index (χ4n) is 4.37. The molecule has 4 rings (SSSR count). The topological polar surface area (TPSA) is 115 Å². The third kappa shape index (κ3) is 4.59. The number of carbonyl (C=O) groups excluding carboxylic acids is 2. The summed E-state index contributed by atoms with van der Waals surface area (Å²) in [6.07, 6.45) is 1.40. The number of nitrogens with zero attached hydrogens (tertiary/aromatic N) is 4. The second-order valence-corrected chi connectivity index (χ2v) is 8.40. The molecule has 0 N–H and O–H groups in total. The Labute approximate surface area is 201 Å². The summed E-state index contributed by atoms with van der Waals surface area (Å²) in [5.74, 6) is -0.747. The van der Waals surface area contributed by atoms with Gasteiger partial charge < -0.3 is 19.1 Å². The number of nitro groups is 1. The first-order valence-corrected chi connectivity index (χ1v) is 11.3. The van der Waals surface area contributed by atoms with Gasteiger partial charge in [0.05, 0.1) is 22.4 Å². The molecule has 2 heterocycles. The number of anilines is 2. The van der Waals surface area contributed by atoms with Gasteiger partial charge in [0, 0.05) is 56.7 Å². The summed E-state index contributed by atoms with van der Waals surface area (Å²) in [4.78, 5) is 52.2. The zero-order valence-corrected chi connectivity index (χ0v) is 19.8. The van der Waals surface area contributed by atoms with Gasteiger partial charge in [0.2, 0.25) is 5.43 Å². The molecule has 1 aliphatic heterocycles. The molecule has 10 heteroatoms. The Morgan fingerprint density at radius 2 is 1.69 bits per heavy atom. The normalized spacial score (nSPS) is 13.7. The number of piperazine rings is 1. The van der Waals surface area contributed by atoms with Gasteiger partial charge in [0.25, 0.3) is 5.69 Å². The molecule has 0 amide bonds. The van der Waals surface area contributed by atoms with Gasteiger partial charge in [-0.25, -0.2) is 4.79 Å². The second kappa shape index (κ2) is 9.57. The Kier molecular flexibility index (Phi) is 6.54. The minimum absolute atomic E-state index is 0.00811. The van der Waals surface area contributed by atoms with Crippen LogP contribution in [0, 0.1) is 10.1 Å². The third-order valence-corrected chi connectivity index (χ3v) is 6.24. The Morgan fingerprint density at radius 3 is 2.26 bits per heavy atom. The van der Waals surface area contributed by atoms with Gasteiger partial charge >= 0.3 is 5.97 Å². The summed E-state index contributed by atoms with van der Waals surface area (Å²) < 4.78 is 6.57. The van der Waals surface area contributed by atoms with Crippen LogP contribution >= 0.6 is 0 Å². The van der Waals surface area contributed by atoms with Crippen molar-refractivity contribution in [3.8, 4) is 0 Å². The Morgan fingerprint density at radius 1 is 1.06 bits per heavy atom. The lowest BCUT2D eigenvalue weighted by molar-refractivity contribution is -0.384. The van der Waals surface area contributed by atoms with Crippen LogP contribution in [-0.4, -0.2) is 54.0 Å². The maximum atomic E-state index is 12.9. The molecule has 10 nitrogen and oxygen atoms in total. The first kappa shape index (κ1) is 23.9.